The number of likely N-dealkylation sites (tertiary alicyclic amines) is 1. The molecule has 2 aromatic heterocycles. The van der Waals surface area contributed by atoms with Crippen molar-refractivity contribution in [2.45, 2.75) is 57.4 Å². The Morgan fingerprint density at radius 3 is 2.79 bits per heavy atom. The number of carbonyl (C=O) groups excluding carboxylic acids is 1. The van der Waals surface area contributed by atoms with Crippen LogP contribution in [0.15, 0.2) is 18.5 Å². The molecule has 0 bridgehead atoms. The Kier molecular flexibility index (Phi) is 4.33. The van der Waals surface area contributed by atoms with E-state index in [0.717, 1.165) is 76.3 Å². The molecule has 1 amide bonds. The van der Waals surface area contributed by atoms with Crippen molar-refractivity contribution in [3.05, 3.63) is 35.5 Å². The lowest BCUT2D eigenvalue weighted by atomic mass is 9.76. The summed E-state index contributed by atoms with van der Waals surface area (Å²) in [6.07, 6.45) is 10.2. The molecule has 7 heteroatoms. The van der Waals surface area contributed by atoms with Gasteiger partial charge in [-0.15, -0.1) is 0 Å². The molecule has 1 spiro atoms. The number of carbonyl (C=O) groups is 1. The van der Waals surface area contributed by atoms with Crippen molar-refractivity contribution in [2.24, 2.45) is 5.92 Å². The van der Waals surface area contributed by atoms with Crippen LogP contribution in [0.2, 0.25) is 0 Å². The third-order valence-corrected chi connectivity index (χ3v) is 6.63. The van der Waals surface area contributed by atoms with Gasteiger partial charge in [0.15, 0.2) is 0 Å². The number of nitrogens with zero attached hydrogens (tertiary/aromatic N) is 5. The molecule has 3 aliphatic rings. The van der Waals surface area contributed by atoms with Crippen molar-refractivity contribution in [1.82, 2.24) is 24.6 Å². The molecule has 0 atom stereocenters. The Balaban J connectivity index is 1.31. The van der Waals surface area contributed by atoms with Gasteiger partial charge in [0.2, 0.25) is 5.91 Å². The van der Waals surface area contributed by atoms with Crippen molar-refractivity contribution < 1.29 is 4.79 Å². The van der Waals surface area contributed by atoms with Crippen molar-refractivity contribution in [1.29, 1.82) is 0 Å². The minimum Gasteiger partial charge on any atom is -0.368 e. The second kappa shape index (κ2) is 6.87. The number of fused-ring (bicyclic) bond motifs is 2. The lowest BCUT2D eigenvalue weighted by Gasteiger charge is -2.39. The van der Waals surface area contributed by atoms with Crippen LogP contribution in [0.25, 0.3) is 0 Å². The maximum absolute atomic E-state index is 12.4. The van der Waals surface area contributed by atoms with E-state index in [-0.39, 0.29) is 5.41 Å². The monoisotopic (exact) mass is 380 g/mol. The summed E-state index contributed by atoms with van der Waals surface area (Å²) in [4.78, 5) is 24.1. The second-order valence-electron chi connectivity index (χ2n) is 8.52. The number of piperidine rings is 1. The fourth-order valence-corrected chi connectivity index (χ4v) is 4.85. The fraction of sp³-hybridized carbons (Fsp3) is 0.619. The van der Waals surface area contributed by atoms with Crippen LogP contribution < -0.4 is 5.32 Å². The number of hydrogen-bond acceptors (Lipinski definition) is 5. The van der Waals surface area contributed by atoms with Crippen molar-refractivity contribution >= 4 is 11.7 Å². The van der Waals surface area contributed by atoms with Gasteiger partial charge in [0.25, 0.3) is 0 Å². The molecule has 148 valence electrons. The third-order valence-electron chi connectivity index (χ3n) is 6.63. The first kappa shape index (κ1) is 17.6. The summed E-state index contributed by atoms with van der Waals surface area (Å²) in [5.41, 5.74) is 2.65. The summed E-state index contributed by atoms with van der Waals surface area (Å²) in [5, 5.41) is 7.78. The van der Waals surface area contributed by atoms with E-state index in [9.17, 15) is 4.79 Å². The highest BCUT2D eigenvalue weighted by Gasteiger charge is 2.45. The molecule has 1 saturated heterocycles. The molecule has 2 aliphatic carbocycles. The number of rotatable bonds is 5. The van der Waals surface area contributed by atoms with Crippen LogP contribution in [0.1, 0.15) is 49.2 Å². The smallest absolute Gasteiger partial charge is 0.225 e. The highest BCUT2D eigenvalue weighted by atomic mass is 16.2. The normalized spacial score (nSPS) is 20.4. The summed E-state index contributed by atoms with van der Waals surface area (Å²) in [6.45, 7) is 5.34. The van der Waals surface area contributed by atoms with E-state index in [1.165, 1.54) is 11.3 Å². The summed E-state index contributed by atoms with van der Waals surface area (Å²) >= 11 is 0. The molecule has 0 unspecified atom stereocenters. The van der Waals surface area contributed by atoms with E-state index >= 15 is 0 Å². The maximum Gasteiger partial charge on any atom is 0.225 e. The van der Waals surface area contributed by atoms with Gasteiger partial charge < -0.3 is 10.2 Å². The molecule has 5 rings (SSSR count). The fourth-order valence-electron chi connectivity index (χ4n) is 4.85. The molecule has 3 heterocycles. The van der Waals surface area contributed by atoms with E-state index in [0.29, 0.717) is 11.8 Å². The van der Waals surface area contributed by atoms with Crippen LogP contribution in [0, 0.1) is 12.8 Å². The van der Waals surface area contributed by atoms with Gasteiger partial charge in [-0.1, -0.05) is 0 Å². The Hall–Kier alpha value is -2.44. The maximum atomic E-state index is 12.4. The van der Waals surface area contributed by atoms with Gasteiger partial charge in [-0.2, -0.15) is 5.10 Å². The molecule has 7 nitrogen and oxygen atoms in total. The molecule has 1 aliphatic heterocycles. The van der Waals surface area contributed by atoms with Crippen molar-refractivity contribution in [2.75, 3.05) is 25.0 Å². The molecular weight excluding hydrogens is 352 g/mol. The second-order valence-corrected chi connectivity index (χ2v) is 8.52. The average molecular weight is 380 g/mol. The van der Waals surface area contributed by atoms with Crippen molar-refractivity contribution in [3.63, 3.8) is 0 Å². The van der Waals surface area contributed by atoms with Crippen LogP contribution >= 0.6 is 0 Å². The van der Waals surface area contributed by atoms with E-state index in [1.807, 2.05) is 23.9 Å². The summed E-state index contributed by atoms with van der Waals surface area (Å²) in [7, 11) is 0. The zero-order chi connectivity index (χ0) is 19.1. The topological polar surface area (TPSA) is 75.9 Å². The van der Waals surface area contributed by atoms with Gasteiger partial charge >= 0.3 is 0 Å². The average Bonchev–Trinajstić information content (AvgIpc) is 3.32. The van der Waals surface area contributed by atoms with E-state index in [1.54, 1.807) is 6.20 Å². The Bertz CT molecular complexity index is 865. The van der Waals surface area contributed by atoms with Crippen LogP contribution in [0.4, 0.5) is 5.82 Å². The largest absolute Gasteiger partial charge is 0.368 e. The summed E-state index contributed by atoms with van der Waals surface area (Å²) in [5.74, 6) is 2.52. The SMILES string of the molecule is Cc1nc(NCCn2cccn2)c2c(n1)C1(CC2)CCN(C(=O)C2CC2)CC1. The number of aromatic nitrogens is 4. The van der Waals surface area contributed by atoms with Gasteiger partial charge in [-0.05, 0) is 51.5 Å². The summed E-state index contributed by atoms with van der Waals surface area (Å²) < 4.78 is 1.93. The zero-order valence-electron chi connectivity index (χ0n) is 16.5. The summed E-state index contributed by atoms with van der Waals surface area (Å²) in [6, 6.07) is 1.94. The Labute approximate surface area is 165 Å². The standard InChI is InChI=1S/C21H28N6O/c1-15-24-18-17(19(25-15)22-10-14-27-11-2-9-23-27)5-6-21(18)7-12-26(13-8-21)20(28)16-3-4-16/h2,9,11,16H,3-8,10,12-14H2,1H3,(H,22,24,25). The number of amides is 1. The predicted molar refractivity (Wildman–Crippen MR) is 106 cm³/mol. The molecule has 1 saturated carbocycles. The van der Waals surface area contributed by atoms with Gasteiger partial charge in [0, 0.05) is 48.9 Å². The van der Waals surface area contributed by atoms with E-state index in [4.69, 9.17) is 9.97 Å². The molecule has 0 radical (unpaired) electrons. The Morgan fingerprint density at radius 1 is 1.25 bits per heavy atom. The Morgan fingerprint density at radius 2 is 2.07 bits per heavy atom. The van der Waals surface area contributed by atoms with Crippen molar-refractivity contribution in [3.8, 4) is 0 Å². The molecular formula is C21H28N6O. The first-order valence-electron chi connectivity index (χ1n) is 10.5. The quantitative estimate of drug-likeness (QED) is 0.861. The molecule has 2 fully saturated rings. The highest BCUT2D eigenvalue weighted by molar-refractivity contribution is 5.81. The minimum atomic E-state index is 0.127. The lowest BCUT2D eigenvalue weighted by molar-refractivity contribution is -0.134. The number of nitrogens with one attached hydrogen (secondary N) is 1. The van der Waals surface area contributed by atoms with E-state index < -0.39 is 0 Å². The zero-order valence-corrected chi connectivity index (χ0v) is 16.5. The lowest BCUT2D eigenvalue weighted by Crippen LogP contribution is -2.45. The van der Waals surface area contributed by atoms with Gasteiger partial charge in [0.1, 0.15) is 11.6 Å². The third kappa shape index (κ3) is 3.16. The first-order valence-corrected chi connectivity index (χ1v) is 10.5. The number of aryl methyl sites for hydroxylation is 1. The molecule has 1 N–H and O–H groups in total. The first-order chi connectivity index (χ1) is 13.6. The number of hydrogen-bond donors (Lipinski definition) is 1. The van der Waals surface area contributed by atoms with Crippen LogP contribution in [-0.2, 0) is 23.2 Å². The van der Waals surface area contributed by atoms with Gasteiger partial charge in [-0.3, -0.25) is 9.48 Å². The van der Waals surface area contributed by atoms with E-state index in [2.05, 4.69) is 15.3 Å². The highest BCUT2D eigenvalue weighted by Crippen LogP contribution is 2.47. The van der Waals surface area contributed by atoms with Gasteiger partial charge in [0.05, 0.1) is 12.2 Å². The minimum absolute atomic E-state index is 0.127. The van der Waals surface area contributed by atoms with Crippen LogP contribution in [0.3, 0.4) is 0 Å². The molecule has 2 aromatic rings. The van der Waals surface area contributed by atoms with Crippen LogP contribution in [0.5, 0.6) is 0 Å². The molecule has 0 aromatic carbocycles. The molecule has 28 heavy (non-hydrogen) atoms. The van der Waals surface area contributed by atoms with Crippen LogP contribution in [-0.4, -0.2) is 50.2 Å². The van der Waals surface area contributed by atoms with Gasteiger partial charge in [-0.25, -0.2) is 9.97 Å². The predicted octanol–water partition coefficient (Wildman–Crippen LogP) is 2.31. The number of anilines is 1.